The molecule has 0 radical (unpaired) electrons. The van der Waals surface area contributed by atoms with Gasteiger partial charge >= 0.3 is 5.97 Å². The number of hydrogen-bond acceptors (Lipinski definition) is 2. The van der Waals surface area contributed by atoms with Crippen molar-refractivity contribution in [1.82, 2.24) is 14.5 Å². The van der Waals surface area contributed by atoms with Gasteiger partial charge in [-0.2, -0.15) is 0 Å². The molecular formula is C12H15N3O2. The Kier molecular flexibility index (Phi) is 2.99. The smallest absolute Gasteiger partial charge is 0.327 e. The van der Waals surface area contributed by atoms with Crippen LogP contribution >= 0.6 is 0 Å². The van der Waals surface area contributed by atoms with Gasteiger partial charge in [0, 0.05) is 29.7 Å². The number of carbonyl (C=O) groups is 1. The quantitative estimate of drug-likeness (QED) is 0.844. The number of rotatable bonds is 4. The van der Waals surface area contributed by atoms with Crippen molar-refractivity contribution in [3.8, 4) is 0 Å². The van der Waals surface area contributed by atoms with Crippen molar-refractivity contribution in [2.45, 2.75) is 26.3 Å². The van der Waals surface area contributed by atoms with Gasteiger partial charge in [0.2, 0.25) is 0 Å². The van der Waals surface area contributed by atoms with Gasteiger partial charge in [-0.1, -0.05) is 0 Å². The summed E-state index contributed by atoms with van der Waals surface area (Å²) in [6.45, 7) is 3.83. The van der Waals surface area contributed by atoms with E-state index in [1.165, 1.54) is 0 Å². The molecule has 2 aromatic heterocycles. The average Bonchev–Trinajstić information content (AvgIpc) is 2.87. The van der Waals surface area contributed by atoms with Crippen molar-refractivity contribution in [3.63, 3.8) is 0 Å². The van der Waals surface area contributed by atoms with Crippen molar-refractivity contribution in [2.24, 2.45) is 0 Å². The van der Waals surface area contributed by atoms with Crippen LogP contribution in [0.2, 0.25) is 0 Å². The van der Waals surface area contributed by atoms with Crippen molar-refractivity contribution in [1.29, 1.82) is 0 Å². The fourth-order valence-corrected chi connectivity index (χ4v) is 2.07. The Hall–Kier alpha value is -2.04. The minimum Gasteiger partial charge on any atom is -0.480 e. The molecule has 5 nitrogen and oxygen atoms in total. The Morgan fingerprint density at radius 1 is 1.47 bits per heavy atom. The summed E-state index contributed by atoms with van der Waals surface area (Å²) in [4.78, 5) is 18.2. The fraction of sp³-hybridized carbons (Fsp3) is 0.333. The lowest BCUT2D eigenvalue weighted by molar-refractivity contribution is -0.141. The summed E-state index contributed by atoms with van der Waals surface area (Å²) in [6.07, 6.45) is 3.62. The minimum atomic E-state index is -0.831. The van der Waals surface area contributed by atoms with E-state index in [0.717, 1.165) is 17.1 Å². The first-order valence-electron chi connectivity index (χ1n) is 5.44. The van der Waals surface area contributed by atoms with Crippen molar-refractivity contribution >= 4 is 5.97 Å². The maximum atomic E-state index is 11.4. The molecule has 2 rings (SSSR count). The molecule has 0 aliphatic heterocycles. The summed E-state index contributed by atoms with van der Waals surface area (Å²) >= 11 is 0. The SMILES string of the molecule is Cc1ccc(C)n1[C@@H](Cc1cnc[nH]1)C(=O)O. The standard InChI is InChI=1S/C12H15N3O2/c1-8-3-4-9(2)15(8)11(12(16)17)5-10-6-13-7-14-10/h3-4,6-7,11H,5H2,1-2H3,(H,13,14)(H,16,17)/t11-/m0/s1. The van der Waals surface area contributed by atoms with Gasteiger partial charge < -0.3 is 14.7 Å². The zero-order valence-electron chi connectivity index (χ0n) is 9.84. The molecule has 2 N–H and O–H groups in total. The number of aliphatic carboxylic acids is 1. The average molecular weight is 233 g/mol. The van der Waals surface area contributed by atoms with E-state index in [-0.39, 0.29) is 0 Å². The predicted octanol–water partition coefficient (Wildman–Crippen LogP) is 1.70. The van der Waals surface area contributed by atoms with Crippen molar-refractivity contribution in [3.05, 3.63) is 41.7 Å². The van der Waals surface area contributed by atoms with Gasteiger partial charge in [-0.25, -0.2) is 9.78 Å². The maximum Gasteiger partial charge on any atom is 0.327 e. The summed E-state index contributed by atoms with van der Waals surface area (Å²) < 4.78 is 1.84. The number of aryl methyl sites for hydroxylation is 2. The van der Waals surface area contributed by atoms with Crippen LogP contribution in [0.3, 0.4) is 0 Å². The number of H-pyrrole nitrogens is 1. The number of imidazole rings is 1. The van der Waals surface area contributed by atoms with E-state index in [1.807, 2.05) is 30.5 Å². The van der Waals surface area contributed by atoms with Gasteiger partial charge in [-0.3, -0.25) is 0 Å². The molecule has 0 aliphatic carbocycles. The van der Waals surface area contributed by atoms with Gasteiger partial charge in [0.25, 0.3) is 0 Å². The lowest BCUT2D eigenvalue weighted by Gasteiger charge is -2.18. The number of carboxylic acids is 1. The van der Waals surface area contributed by atoms with Gasteiger partial charge in [0.15, 0.2) is 0 Å². The summed E-state index contributed by atoms with van der Waals surface area (Å²) in [5, 5.41) is 9.34. The number of hydrogen-bond donors (Lipinski definition) is 2. The largest absolute Gasteiger partial charge is 0.480 e. The third kappa shape index (κ3) is 2.22. The molecule has 0 amide bonds. The number of nitrogens with zero attached hydrogens (tertiary/aromatic N) is 2. The lowest BCUT2D eigenvalue weighted by Crippen LogP contribution is -2.23. The summed E-state index contributed by atoms with van der Waals surface area (Å²) in [7, 11) is 0. The molecule has 0 saturated carbocycles. The zero-order valence-corrected chi connectivity index (χ0v) is 9.84. The molecule has 0 spiro atoms. The number of nitrogens with one attached hydrogen (secondary N) is 1. The first-order valence-corrected chi connectivity index (χ1v) is 5.44. The number of carboxylic acid groups (broad SMARTS) is 1. The summed E-state index contributed by atoms with van der Waals surface area (Å²) in [5.41, 5.74) is 2.73. The molecular weight excluding hydrogens is 218 g/mol. The summed E-state index contributed by atoms with van der Waals surface area (Å²) in [6, 6.07) is 3.27. The molecule has 2 aromatic rings. The topological polar surface area (TPSA) is 70.9 Å². The first kappa shape index (κ1) is 11.4. The Morgan fingerprint density at radius 3 is 2.59 bits per heavy atom. The number of aromatic nitrogens is 3. The molecule has 90 valence electrons. The Balaban J connectivity index is 2.33. The van der Waals surface area contributed by atoms with Crippen LogP contribution in [-0.4, -0.2) is 25.6 Å². The molecule has 0 aliphatic rings. The van der Waals surface area contributed by atoms with Crippen LogP contribution in [-0.2, 0) is 11.2 Å². The van der Waals surface area contributed by atoms with E-state index >= 15 is 0 Å². The maximum absolute atomic E-state index is 11.4. The van der Waals surface area contributed by atoms with Crippen LogP contribution in [0.5, 0.6) is 0 Å². The molecule has 0 bridgehead atoms. The molecule has 0 saturated heterocycles. The van der Waals surface area contributed by atoms with Crippen LogP contribution in [0.15, 0.2) is 24.7 Å². The van der Waals surface area contributed by atoms with E-state index in [9.17, 15) is 9.90 Å². The van der Waals surface area contributed by atoms with Gasteiger partial charge in [-0.15, -0.1) is 0 Å². The summed E-state index contributed by atoms with van der Waals surface area (Å²) in [5.74, 6) is -0.831. The first-order chi connectivity index (χ1) is 8.09. The van der Waals surface area contributed by atoms with Crippen LogP contribution < -0.4 is 0 Å². The van der Waals surface area contributed by atoms with Crippen LogP contribution in [0.4, 0.5) is 0 Å². The normalized spacial score (nSPS) is 12.6. The second kappa shape index (κ2) is 4.45. The van der Waals surface area contributed by atoms with Gasteiger partial charge in [-0.05, 0) is 26.0 Å². The molecule has 17 heavy (non-hydrogen) atoms. The third-order valence-electron chi connectivity index (χ3n) is 2.89. The van der Waals surface area contributed by atoms with E-state index < -0.39 is 12.0 Å². The Morgan fingerprint density at radius 2 is 2.12 bits per heavy atom. The fourth-order valence-electron chi connectivity index (χ4n) is 2.07. The van der Waals surface area contributed by atoms with Crippen molar-refractivity contribution < 1.29 is 9.90 Å². The number of aromatic amines is 1. The van der Waals surface area contributed by atoms with Crippen LogP contribution in [0, 0.1) is 13.8 Å². The molecule has 2 heterocycles. The van der Waals surface area contributed by atoms with E-state index in [1.54, 1.807) is 12.5 Å². The lowest BCUT2D eigenvalue weighted by atomic mass is 10.1. The van der Waals surface area contributed by atoms with E-state index in [0.29, 0.717) is 6.42 Å². The van der Waals surface area contributed by atoms with Gasteiger partial charge in [0.1, 0.15) is 6.04 Å². The molecule has 1 atom stereocenters. The molecule has 5 heteroatoms. The van der Waals surface area contributed by atoms with Crippen molar-refractivity contribution in [2.75, 3.05) is 0 Å². The third-order valence-corrected chi connectivity index (χ3v) is 2.89. The molecule has 0 unspecified atom stereocenters. The van der Waals surface area contributed by atoms with Gasteiger partial charge in [0.05, 0.1) is 6.33 Å². The highest BCUT2D eigenvalue weighted by atomic mass is 16.4. The highest BCUT2D eigenvalue weighted by Crippen LogP contribution is 2.19. The highest BCUT2D eigenvalue weighted by Gasteiger charge is 2.22. The second-order valence-electron chi connectivity index (χ2n) is 4.12. The van der Waals surface area contributed by atoms with Crippen LogP contribution in [0.25, 0.3) is 0 Å². The highest BCUT2D eigenvalue weighted by molar-refractivity contribution is 5.72. The second-order valence-corrected chi connectivity index (χ2v) is 4.12. The van der Waals surface area contributed by atoms with E-state index in [2.05, 4.69) is 9.97 Å². The monoisotopic (exact) mass is 233 g/mol. The Bertz CT molecular complexity index is 494. The van der Waals surface area contributed by atoms with E-state index in [4.69, 9.17) is 0 Å². The minimum absolute atomic E-state index is 0.408. The van der Waals surface area contributed by atoms with Crippen LogP contribution in [0.1, 0.15) is 23.1 Å². The zero-order chi connectivity index (χ0) is 12.4. The predicted molar refractivity (Wildman–Crippen MR) is 62.9 cm³/mol. The Labute approximate surface area is 99.1 Å². The molecule has 0 aromatic carbocycles. The molecule has 0 fully saturated rings.